The average Bonchev–Trinajstić information content (AvgIpc) is 3.54. The highest BCUT2D eigenvalue weighted by Crippen LogP contribution is 2.42. The van der Waals surface area contributed by atoms with E-state index in [1.807, 2.05) is 70.5 Å². The maximum Gasteiger partial charge on any atom is 0.231 e. The van der Waals surface area contributed by atoms with Gasteiger partial charge >= 0.3 is 0 Å². The van der Waals surface area contributed by atoms with Crippen molar-refractivity contribution in [3.8, 4) is 0 Å². The Morgan fingerprint density at radius 2 is 1.56 bits per heavy atom. The smallest absolute Gasteiger partial charge is 0.231 e. The van der Waals surface area contributed by atoms with Crippen LogP contribution >= 0.6 is 0 Å². The predicted octanol–water partition coefficient (Wildman–Crippen LogP) is 2.71. The van der Waals surface area contributed by atoms with Crippen molar-refractivity contribution in [2.75, 3.05) is 31.2 Å². The maximum atomic E-state index is 13.2. The molecule has 2 aromatic carbocycles. The van der Waals surface area contributed by atoms with Crippen LogP contribution in [0.3, 0.4) is 0 Å². The summed E-state index contributed by atoms with van der Waals surface area (Å²) < 4.78 is 5.32. The summed E-state index contributed by atoms with van der Waals surface area (Å²) in [5, 5.41) is 0. The summed E-state index contributed by atoms with van der Waals surface area (Å²) in [4.78, 5) is 29.6. The third-order valence-corrected chi connectivity index (χ3v) is 5.27. The van der Waals surface area contributed by atoms with Gasteiger partial charge in [-0.15, -0.1) is 0 Å². The van der Waals surface area contributed by atoms with Gasteiger partial charge in [-0.05, 0) is 24.1 Å². The van der Waals surface area contributed by atoms with Crippen molar-refractivity contribution in [3.05, 3.63) is 66.2 Å². The highest BCUT2D eigenvalue weighted by molar-refractivity contribution is 6.01. The molecule has 0 bridgehead atoms. The number of ether oxygens (including phenoxy) is 1. The standard InChI is InChI=1S/C22H24N2O3/c25-21(23-11-13-27-14-12-23)19-15-20(19)22(26)24(18-9-5-2-6-10-18)16-17-7-3-1-4-8-17/h1-10,19-20H,11-16H2. The van der Waals surface area contributed by atoms with Crippen LogP contribution in [0.4, 0.5) is 5.69 Å². The number of anilines is 1. The second-order valence-corrected chi connectivity index (χ2v) is 7.13. The second-order valence-electron chi connectivity index (χ2n) is 7.13. The van der Waals surface area contributed by atoms with Gasteiger partial charge in [0, 0.05) is 18.8 Å². The molecule has 0 aromatic heterocycles. The van der Waals surface area contributed by atoms with E-state index < -0.39 is 0 Å². The minimum Gasteiger partial charge on any atom is -0.378 e. The Kier molecular flexibility index (Phi) is 5.21. The highest BCUT2D eigenvalue weighted by Gasteiger charge is 2.51. The fraction of sp³-hybridized carbons (Fsp3) is 0.364. The number of hydrogen-bond acceptors (Lipinski definition) is 3. The van der Waals surface area contributed by atoms with Crippen molar-refractivity contribution >= 4 is 17.5 Å². The van der Waals surface area contributed by atoms with Crippen molar-refractivity contribution in [2.45, 2.75) is 13.0 Å². The first-order valence-corrected chi connectivity index (χ1v) is 9.51. The first kappa shape index (κ1) is 17.7. The number of carbonyl (C=O) groups excluding carboxylic acids is 2. The predicted molar refractivity (Wildman–Crippen MR) is 103 cm³/mol. The van der Waals surface area contributed by atoms with Gasteiger partial charge in [0.05, 0.1) is 31.6 Å². The topological polar surface area (TPSA) is 49.9 Å². The average molecular weight is 364 g/mol. The van der Waals surface area contributed by atoms with Gasteiger partial charge < -0.3 is 14.5 Å². The minimum atomic E-state index is -0.218. The van der Waals surface area contributed by atoms with E-state index >= 15 is 0 Å². The summed E-state index contributed by atoms with van der Waals surface area (Å²) in [5.41, 5.74) is 1.95. The Bertz CT molecular complexity index is 788. The Morgan fingerprint density at radius 1 is 0.926 bits per heavy atom. The molecule has 2 fully saturated rings. The van der Waals surface area contributed by atoms with Crippen LogP contribution in [0.1, 0.15) is 12.0 Å². The van der Waals surface area contributed by atoms with Crippen LogP contribution in [-0.4, -0.2) is 43.0 Å². The van der Waals surface area contributed by atoms with Crippen molar-refractivity contribution in [1.29, 1.82) is 0 Å². The first-order chi connectivity index (χ1) is 13.2. The second kappa shape index (κ2) is 7.92. The van der Waals surface area contributed by atoms with Crippen LogP contribution < -0.4 is 4.90 Å². The molecule has 0 radical (unpaired) electrons. The summed E-state index contributed by atoms with van der Waals surface area (Å²) in [6.07, 6.45) is 0.646. The molecular weight excluding hydrogens is 340 g/mol. The molecule has 0 spiro atoms. The zero-order valence-electron chi connectivity index (χ0n) is 15.3. The van der Waals surface area contributed by atoms with Crippen molar-refractivity contribution in [2.24, 2.45) is 11.8 Å². The van der Waals surface area contributed by atoms with Crippen molar-refractivity contribution in [1.82, 2.24) is 4.90 Å². The molecule has 2 amide bonds. The van der Waals surface area contributed by atoms with Gasteiger partial charge in [-0.25, -0.2) is 0 Å². The van der Waals surface area contributed by atoms with Crippen LogP contribution in [0.15, 0.2) is 60.7 Å². The molecule has 4 rings (SSSR count). The molecule has 1 aliphatic heterocycles. The van der Waals surface area contributed by atoms with Crippen molar-refractivity contribution in [3.63, 3.8) is 0 Å². The number of amides is 2. The van der Waals surface area contributed by atoms with E-state index in [1.54, 1.807) is 0 Å². The number of nitrogens with zero attached hydrogens (tertiary/aromatic N) is 2. The van der Waals surface area contributed by atoms with Gasteiger partial charge in [0.1, 0.15) is 0 Å². The zero-order chi connectivity index (χ0) is 18.6. The Balaban J connectivity index is 1.49. The summed E-state index contributed by atoms with van der Waals surface area (Å²) >= 11 is 0. The third kappa shape index (κ3) is 4.03. The van der Waals surface area contributed by atoms with Crippen LogP contribution in [0.2, 0.25) is 0 Å². The zero-order valence-corrected chi connectivity index (χ0v) is 15.3. The molecule has 1 saturated carbocycles. The fourth-order valence-electron chi connectivity index (χ4n) is 3.63. The molecule has 2 unspecified atom stereocenters. The monoisotopic (exact) mass is 364 g/mol. The van der Waals surface area contributed by atoms with E-state index in [4.69, 9.17) is 4.74 Å². The SMILES string of the molecule is O=C(C1CC1C(=O)N(Cc1ccccc1)c1ccccc1)N1CCOCC1. The van der Waals surface area contributed by atoms with E-state index in [1.165, 1.54) is 0 Å². The lowest BCUT2D eigenvalue weighted by atomic mass is 10.1. The van der Waals surface area contributed by atoms with Gasteiger partial charge in [-0.1, -0.05) is 48.5 Å². The molecule has 27 heavy (non-hydrogen) atoms. The molecule has 5 nitrogen and oxygen atoms in total. The Morgan fingerprint density at radius 3 is 2.22 bits per heavy atom. The van der Waals surface area contributed by atoms with E-state index in [-0.39, 0.29) is 23.7 Å². The van der Waals surface area contributed by atoms with Gasteiger partial charge in [0.15, 0.2) is 0 Å². The lowest BCUT2D eigenvalue weighted by molar-refractivity contribution is -0.138. The maximum absolute atomic E-state index is 13.2. The van der Waals surface area contributed by atoms with Crippen LogP contribution in [0.25, 0.3) is 0 Å². The largest absolute Gasteiger partial charge is 0.378 e. The quantitative estimate of drug-likeness (QED) is 0.820. The number of hydrogen-bond donors (Lipinski definition) is 0. The minimum absolute atomic E-state index is 0.0386. The molecular formula is C22H24N2O3. The lowest BCUT2D eigenvalue weighted by Gasteiger charge is -2.27. The fourth-order valence-corrected chi connectivity index (χ4v) is 3.63. The number of para-hydroxylation sites is 1. The summed E-state index contributed by atoms with van der Waals surface area (Å²) in [7, 11) is 0. The Labute approximate surface area is 159 Å². The first-order valence-electron chi connectivity index (χ1n) is 9.51. The van der Waals surface area contributed by atoms with Gasteiger partial charge in [0.25, 0.3) is 0 Å². The lowest BCUT2D eigenvalue weighted by Crippen LogP contribution is -2.42. The van der Waals surface area contributed by atoms with Gasteiger partial charge in [0.2, 0.25) is 11.8 Å². The van der Waals surface area contributed by atoms with Gasteiger partial charge in [-0.2, -0.15) is 0 Å². The normalized spacial score (nSPS) is 21.6. The van der Waals surface area contributed by atoms with E-state index in [0.717, 1.165) is 11.3 Å². The molecule has 1 saturated heterocycles. The van der Waals surface area contributed by atoms with Gasteiger partial charge in [-0.3, -0.25) is 9.59 Å². The van der Waals surface area contributed by atoms with E-state index in [2.05, 4.69) is 0 Å². The van der Waals surface area contributed by atoms with Crippen LogP contribution in [0, 0.1) is 11.8 Å². The van der Waals surface area contributed by atoms with Crippen LogP contribution in [-0.2, 0) is 20.9 Å². The molecule has 1 aliphatic carbocycles. The summed E-state index contributed by atoms with van der Waals surface area (Å²) in [6, 6.07) is 19.7. The molecule has 2 aromatic rings. The molecule has 2 atom stereocenters. The third-order valence-electron chi connectivity index (χ3n) is 5.27. The Hall–Kier alpha value is -2.66. The molecule has 0 N–H and O–H groups in total. The number of rotatable bonds is 5. The number of carbonyl (C=O) groups is 2. The molecule has 140 valence electrons. The van der Waals surface area contributed by atoms with E-state index in [9.17, 15) is 9.59 Å². The summed E-state index contributed by atoms with van der Waals surface area (Å²) in [5.74, 6) is -0.261. The summed E-state index contributed by atoms with van der Waals surface area (Å²) in [6.45, 7) is 2.94. The van der Waals surface area contributed by atoms with E-state index in [0.29, 0.717) is 39.3 Å². The molecule has 5 heteroatoms. The van der Waals surface area contributed by atoms with Crippen LogP contribution in [0.5, 0.6) is 0 Å². The van der Waals surface area contributed by atoms with Crippen molar-refractivity contribution < 1.29 is 14.3 Å². The molecule has 1 heterocycles. The molecule has 2 aliphatic rings. The number of benzene rings is 2. The highest BCUT2D eigenvalue weighted by atomic mass is 16.5. The number of morpholine rings is 1.